The van der Waals surface area contributed by atoms with Crippen LogP contribution in [0.2, 0.25) is 0 Å². The Balaban J connectivity index is 1.72. The van der Waals surface area contributed by atoms with Crippen LogP contribution in [0, 0.1) is 17.0 Å². The van der Waals surface area contributed by atoms with Crippen molar-refractivity contribution < 1.29 is 24.3 Å². The number of nitro groups is 1. The van der Waals surface area contributed by atoms with Crippen LogP contribution in [0.25, 0.3) is 0 Å². The molecule has 0 spiro atoms. The molecular formula is C18H20N2O6. The zero-order valence-electron chi connectivity index (χ0n) is 14.3. The molecule has 8 heteroatoms. The molecule has 8 nitrogen and oxygen atoms in total. The molecule has 2 aromatic rings. The van der Waals surface area contributed by atoms with Gasteiger partial charge in [-0.2, -0.15) is 0 Å². The van der Waals surface area contributed by atoms with Gasteiger partial charge in [0.1, 0.15) is 18.5 Å². The second kappa shape index (κ2) is 9.38. The monoisotopic (exact) mass is 360 g/mol. The van der Waals surface area contributed by atoms with Crippen molar-refractivity contribution in [2.45, 2.75) is 13.0 Å². The molecule has 0 aliphatic carbocycles. The molecule has 26 heavy (non-hydrogen) atoms. The Labute approximate surface area is 150 Å². The maximum atomic E-state index is 11.8. The molecule has 1 amide bonds. The molecule has 0 aliphatic rings. The van der Waals surface area contributed by atoms with Gasteiger partial charge in [0.05, 0.1) is 4.92 Å². The third-order valence-corrected chi connectivity index (χ3v) is 3.39. The van der Waals surface area contributed by atoms with Gasteiger partial charge in [0.25, 0.3) is 5.91 Å². The summed E-state index contributed by atoms with van der Waals surface area (Å²) >= 11 is 0. The van der Waals surface area contributed by atoms with E-state index < -0.39 is 23.5 Å². The molecule has 0 radical (unpaired) electrons. The molecule has 0 fully saturated rings. The van der Waals surface area contributed by atoms with Crippen LogP contribution in [0.5, 0.6) is 11.5 Å². The lowest BCUT2D eigenvalue weighted by atomic mass is 10.2. The number of amides is 1. The first-order valence-electron chi connectivity index (χ1n) is 7.96. The standard InChI is InChI=1S/C18H20N2O6/c1-13-5-4-6-15(9-13)25-11-14(21)10-19-18(22)12-26-17-8-3-2-7-16(17)20(23)24/h2-9,14,21H,10-12H2,1H3,(H,19,22). The summed E-state index contributed by atoms with van der Waals surface area (Å²) in [6.45, 7) is 1.54. The number of benzene rings is 2. The molecule has 2 N–H and O–H groups in total. The number of carbonyl (C=O) groups is 1. The minimum absolute atomic E-state index is 0.0102. The normalized spacial score (nSPS) is 11.5. The van der Waals surface area contributed by atoms with Crippen molar-refractivity contribution in [2.75, 3.05) is 19.8 Å². The van der Waals surface area contributed by atoms with Crippen molar-refractivity contribution in [2.24, 2.45) is 0 Å². The van der Waals surface area contributed by atoms with Crippen LogP contribution in [0.4, 0.5) is 5.69 Å². The van der Waals surface area contributed by atoms with Gasteiger partial charge in [-0.3, -0.25) is 14.9 Å². The van der Waals surface area contributed by atoms with Crippen molar-refractivity contribution in [1.82, 2.24) is 5.32 Å². The maximum absolute atomic E-state index is 11.8. The van der Waals surface area contributed by atoms with E-state index in [1.807, 2.05) is 25.1 Å². The number of nitrogens with one attached hydrogen (secondary N) is 1. The van der Waals surface area contributed by atoms with Gasteiger partial charge in [0, 0.05) is 12.6 Å². The minimum Gasteiger partial charge on any atom is -0.491 e. The predicted molar refractivity (Wildman–Crippen MR) is 94.3 cm³/mol. The van der Waals surface area contributed by atoms with E-state index in [0.29, 0.717) is 5.75 Å². The minimum atomic E-state index is -0.898. The average molecular weight is 360 g/mol. The highest BCUT2D eigenvalue weighted by atomic mass is 16.6. The lowest BCUT2D eigenvalue weighted by Gasteiger charge is -2.14. The van der Waals surface area contributed by atoms with Crippen LogP contribution < -0.4 is 14.8 Å². The Morgan fingerprint density at radius 1 is 1.23 bits per heavy atom. The second-order valence-corrected chi connectivity index (χ2v) is 5.60. The van der Waals surface area contributed by atoms with E-state index in [1.54, 1.807) is 12.1 Å². The van der Waals surface area contributed by atoms with Crippen LogP contribution in [-0.2, 0) is 4.79 Å². The summed E-state index contributed by atoms with van der Waals surface area (Å²) in [4.78, 5) is 22.0. The average Bonchev–Trinajstić information content (AvgIpc) is 2.63. The molecule has 138 valence electrons. The van der Waals surface area contributed by atoms with Crippen LogP contribution >= 0.6 is 0 Å². The summed E-state index contributed by atoms with van der Waals surface area (Å²) < 4.78 is 10.6. The van der Waals surface area contributed by atoms with Crippen molar-refractivity contribution >= 4 is 11.6 Å². The number of hydrogen-bond acceptors (Lipinski definition) is 6. The number of nitro benzene ring substituents is 1. The Morgan fingerprint density at radius 2 is 2.00 bits per heavy atom. The van der Waals surface area contributed by atoms with Crippen molar-refractivity contribution in [3.63, 3.8) is 0 Å². The van der Waals surface area contributed by atoms with Crippen LogP contribution in [0.3, 0.4) is 0 Å². The summed E-state index contributed by atoms with van der Waals surface area (Å²) in [6.07, 6.45) is -0.898. The van der Waals surface area contributed by atoms with Gasteiger partial charge < -0.3 is 19.9 Å². The zero-order valence-corrected chi connectivity index (χ0v) is 14.3. The largest absolute Gasteiger partial charge is 0.491 e. The summed E-state index contributed by atoms with van der Waals surface area (Å²) in [7, 11) is 0. The topological polar surface area (TPSA) is 111 Å². The van der Waals surface area contributed by atoms with Crippen molar-refractivity contribution in [1.29, 1.82) is 0 Å². The molecule has 2 aromatic carbocycles. The number of ether oxygens (including phenoxy) is 2. The molecular weight excluding hydrogens is 340 g/mol. The molecule has 0 aromatic heterocycles. The van der Waals surface area contributed by atoms with E-state index in [2.05, 4.69) is 5.32 Å². The Kier molecular flexibility index (Phi) is 6.92. The first-order valence-corrected chi connectivity index (χ1v) is 7.96. The van der Waals surface area contributed by atoms with Crippen molar-refractivity contribution in [3.8, 4) is 11.5 Å². The van der Waals surface area contributed by atoms with E-state index >= 15 is 0 Å². The van der Waals surface area contributed by atoms with Gasteiger partial charge in [0.15, 0.2) is 12.4 Å². The number of aliphatic hydroxyl groups is 1. The highest BCUT2D eigenvalue weighted by Crippen LogP contribution is 2.25. The fourth-order valence-corrected chi connectivity index (χ4v) is 2.11. The van der Waals surface area contributed by atoms with Crippen LogP contribution in [0.15, 0.2) is 48.5 Å². The van der Waals surface area contributed by atoms with E-state index in [0.717, 1.165) is 5.56 Å². The number of aliphatic hydroxyl groups excluding tert-OH is 1. The number of nitrogens with zero attached hydrogens (tertiary/aromatic N) is 1. The van der Waals surface area contributed by atoms with Gasteiger partial charge in [-0.25, -0.2) is 0 Å². The fourth-order valence-electron chi connectivity index (χ4n) is 2.11. The molecule has 0 saturated carbocycles. The number of rotatable bonds is 9. The quantitative estimate of drug-likeness (QED) is 0.521. The van der Waals surface area contributed by atoms with Crippen LogP contribution in [-0.4, -0.2) is 41.8 Å². The third kappa shape index (κ3) is 6.06. The van der Waals surface area contributed by atoms with Gasteiger partial charge >= 0.3 is 5.69 Å². The summed E-state index contributed by atoms with van der Waals surface area (Å²) in [5.74, 6) is 0.142. The van der Waals surface area contributed by atoms with E-state index in [1.165, 1.54) is 18.2 Å². The predicted octanol–water partition coefficient (Wildman–Crippen LogP) is 1.84. The zero-order chi connectivity index (χ0) is 18.9. The maximum Gasteiger partial charge on any atom is 0.310 e. The number of carbonyl (C=O) groups excluding carboxylic acids is 1. The molecule has 0 heterocycles. The Morgan fingerprint density at radius 3 is 2.73 bits per heavy atom. The van der Waals surface area contributed by atoms with E-state index in [-0.39, 0.29) is 24.6 Å². The van der Waals surface area contributed by atoms with E-state index in [4.69, 9.17) is 9.47 Å². The first-order chi connectivity index (χ1) is 12.5. The van der Waals surface area contributed by atoms with Crippen LogP contribution in [0.1, 0.15) is 5.56 Å². The Hall–Kier alpha value is -3.13. The van der Waals surface area contributed by atoms with Gasteiger partial charge in [-0.15, -0.1) is 0 Å². The third-order valence-electron chi connectivity index (χ3n) is 3.39. The second-order valence-electron chi connectivity index (χ2n) is 5.60. The smallest absolute Gasteiger partial charge is 0.310 e. The fraction of sp³-hybridized carbons (Fsp3) is 0.278. The highest BCUT2D eigenvalue weighted by Gasteiger charge is 2.15. The lowest BCUT2D eigenvalue weighted by molar-refractivity contribution is -0.385. The summed E-state index contributed by atoms with van der Waals surface area (Å²) in [6, 6.07) is 13.2. The molecule has 1 unspecified atom stereocenters. The molecule has 2 rings (SSSR count). The van der Waals surface area contributed by atoms with Crippen molar-refractivity contribution in [3.05, 3.63) is 64.2 Å². The molecule has 1 atom stereocenters. The Bertz CT molecular complexity index is 765. The number of aryl methyl sites for hydroxylation is 1. The molecule has 0 bridgehead atoms. The first kappa shape index (κ1) is 19.2. The van der Waals surface area contributed by atoms with Gasteiger partial charge in [-0.1, -0.05) is 24.3 Å². The SMILES string of the molecule is Cc1cccc(OCC(O)CNC(=O)COc2ccccc2[N+](=O)[O-])c1. The van der Waals surface area contributed by atoms with E-state index in [9.17, 15) is 20.0 Å². The summed E-state index contributed by atoms with van der Waals surface area (Å²) in [5, 5.41) is 23.2. The number of para-hydroxylation sites is 2. The summed E-state index contributed by atoms with van der Waals surface area (Å²) in [5.41, 5.74) is 0.823. The number of hydrogen-bond donors (Lipinski definition) is 2. The lowest BCUT2D eigenvalue weighted by Crippen LogP contribution is -2.37. The van der Waals surface area contributed by atoms with Gasteiger partial charge in [-0.05, 0) is 30.7 Å². The molecule has 0 aliphatic heterocycles. The highest BCUT2D eigenvalue weighted by molar-refractivity contribution is 5.77. The molecule has 0 saturated heterocycles. The van der Waals surface area contributed by atoms with Gasteiger partial charge in [0.2, 0.25) is 0 Å².